The standard InChI is InChI=1S/C27H31N2O6/c1-30-22-11-18(12-23(31-2)26(22)34-5)15-28-17-29(21-10-8-7-9-20(21)28)16-19-13-24(32-3)27(35-6)25(14-19)33-4/h7-14,17H,15-16H2,1-6H3/q+1. The highest BCUT2D eigenvalue weighted by Gasteiger charge is 2.20. The molecular formula is C27H31N2O6+. The Hall–Kier alpha value is -4.07. The topological polar surface area (TPSA) is 64.2 Å². The Bertz CT molecular complexity index is 1180. The van der Waals surface area contributed by atoms with Gasteiger partial charge in [0.2, 0.25) is 17.8 Å². The van der Waals surface area contributed by atoms with Crippen molar-refractivity contribution in [2.45, 2.75) is 13.1 Å². The number of para-hydroxylation sites is 2. The molecule has 8 heteroatoms. The molecule has 0 saturated heterocycles. The van der Waals surface area contributed by atoms with Crippen LogP contribution in [0, 0.1) is 0 Å². The van der Waals surface area contributed by atoms with Crippen molar-refractivity contribution in [3.05, 3.63) is 66.0 Å². The zero-order valence-electron chi connectivity index (χ0n) is 21.0. The molecule has 0 bridgehead atoms. The lowest BCUT2D eigenvalue weighted by molar-refractivity contribution is -0.663. The van der Waals surface area contributed by atoms with Gasteiger partial charge in [-0.15, -0.1) is 0 Å². The van der Waals surface area contributed by atoms with Gasteiger partial charge < -0.3 is 28.4 Å². The van der Waals surface area contributed by atoms with Crippen LogP contribution in [0.5, 0.6) is 34.5 Å². The number of benzene rings is 3. The average Bonchev–Trinajstić information content (AvgIpc) is 3.23. The van der Waals surface area contributed by atoms with E-state index in [2.05, 4.69) is 27.6 Å². The Balaban J connectivity index is 1.74. The van der Waals surface area contributed by atoms with E-state index in [9.17, 15) is 0 Å². The van der Waals surface area contributed by atoms with Crippen LogP contribution in [0.25, 0.3) is 11.0 Å². The Kier molecular flexibility index (Phi) is 7.19. The molecule has 35 heavy (non-hydrogen) atoms. The Morgan fingerprint density at radius 2 is 1.11 bits per heavy atom. The summed E-state index contributed by atoms with van der Waals surface area (Å²) < 4.78 is 37.5. The van der Waals surface area contributed by atoms with Crippen molar-refractivity contribution >= 4 is 11.0 Å². The molecule has 184 valence electrons. The summed E-state index contributed by atoms with van der Waals surface area (Å²) in [5.41, 5.74) is 4.27. The highest BCUT2D eigenvalue weighted by atomic mass is 16.5. The van der Waals surface area contributed by atoms with Crippen LogP contribution in [0.4, 0.5) is 0 Å². The Labute approximate surface area is 205 Å². The number of methoxy groups -OCH3 is 6. The number of hydrogen-bond donors (Lipinski definition) is 0. The van der Waals surface area contributed by atoms with Crippen molar-refractivity contribution in [1.29, 1.82) is 0 Å². The van der Waals surface area contributed by atoms with E-state index in [4.69, 9.17) is 28.4 Å². The Morgan fingerprint density at radius 3 is 1.60 bits per heavy atom. The second kappa shape index (κ2) is 10.5. The molecule has 0 amide bonds. The third kappa shape index (κ3) is 4.64. The summed E-state index contributed by atoms with van der Waals surface area (Å²) in [6.45, 7) is 1.25. The van der Waals surface area contributed by atoms with Crippen molar-refractivity contribution in [3.8, 4) is 34.5 Å². The van der Waals surface area contributed by atoms with Crippen molar-refractivity contribution < 1.29 is 33.0 Å². The van der Waals surface area contributed by atoms with E-state index in [1.54, 1.807) is 42.7 Å². The van der Waals surface area contributed by atoms with Crippen molar-refractivity contribution in [3.63, 3.8) is 0 Å². The minimum Gasteiger partial charge on any atom is -0.493 e. The lowest BCUT2D eigenvalue weighted by Crippen LogP contribution is -2.32. The van der Waals surface area contributed by atoms with Gasteiger partial charge in [0.1, 0.15) is 13.1 Å². The third-order valence-corrected chi connectivity index (χ3v) is 5.93. The van der Waals surface area contributed by atoms with Gasteiger partial charge in [-0.25, -0.2) is 9.13 Å². The van der Waals surface area contributed by atoms with Crippen LogP contribution in [0.3, 0.4) is 0 Å². The van der Waals surface area contributed by atoms with Crippen molar-refractivity contribution in [2.75, 3.05) is 42.7 Å². The van der Waals surface area contributed by atoms with E-state index in [1.165, 1.54) is 0 Å². The molecule has 0 aliphatic rings. The summed E-state index contributed by atoms with van der Waals surface area (Å²) in [5, 5.41) is 0. The summed E-state index contributed by atoms with van der Waals surface area (Å²) >= 11 is 0. The summed E-state index contributed by atoms with van der Waals surface area (Å²) in [7, 11) is 9.70. The molecule has 1 aromatic heterocycles. The van der Waals surface area contributed by atoms with Crippen LogP contribution in [0.2, 0.25) is 0 Å². The van der Waals surface area contributed by atoms with Crippen molar-refractivity contribution in [1.82, 2.24) is 4.57 Å². The van der Waals surface area contributed by atoms with Gasteiger partial charge in [-0.2, -0.15) is 0 Å². The average molecular weight is 480 g/mol. The van der Waals surface area contributed by atoms with E-state index in [0.29, 0.717) is 47.6 Å². The van der Waals surface area contributed by atoms with E-state index in [0.717, 1.165) is 22.2 Å². The molecule has 0 unspecified atom stereocenters. The van der Waals surface area contributed by atoms with E-state index < -0.39 is 0 Å². The number of aromatic nitrogens is 2. The normalized spacial score (nSPS) is 10.8. The minimum atomic E-state index is 0.577. The van der Waals surface area contributed by atoms with Crippen LogP contribution in [-0.4, -0.2) is 47.2 Å². The number of hydrogen-bond acceptors (Lipinski definition) is 6. The molecule has 0 radical (unpaired) electrons. The summed E-state index contributed by atoms with van der Waals surface area (Å²) in [6.07, 6.45) is 2.11. The zero-order chi connectivity index (χ0) is 24.9. The molecule has 8 nitrogen and oxygen atoms in total. The fourth-order valence-electron chi connectivity index (χ4n) is 4.34. The molecule has 1 heterocycles. The molecule has 0 saturated carbocycles. The van der Waals surface area contributed by atoms with Gasteiger partial charge in [0, 0.05) is 11.1 Å². The van der Waals surface area contributed by atoms with Crippen molar-refractivity contribution in [2.24, 2.45) is 0 Å². The van der Waals surface area contributed by atoms with Crippen LogP contribution >= 0.6 is 0 Å². The predicted octanol–water partition coefficient (Wildman–Crippen LogP) is 4.08. The molecule has 0 fully saturated rings. The van der Waals surface area contributed by atoms with E-state index >= 15 is 0 Å². The molecule has 4 aromatic rings. The van der Waals surface area contributed by atoms with E-state index in [1.807, 2.05) is 36.4 Å². The van der Waals surface area contributed by atoms with E-state index in [-0.39, 0.29) is 0 Å². The molecule has 0 spiro atoms. The highest BCUT2D eigenvalue weighted by molar-refractivity contribution is 5.72. The monoisotopic (exact) mass is 479 g/mol. The van der Waals surface area contributed by atoms with Crippen LogP contribution in [0.15, 0.2) is 54.9 Å². The second-order valence-electron chi connectivity index (χ2n) is 7.93. The molecular weight excluding hydrogens is 448 g/mol. The quantitative estimate of drug-likeness (QED) is 0.320. The highest BCUT2D eigenvalue weighted by Crippen LogP contribution is 2.39. The zero-order valence-corrected chi connectivity index (χ0v) is 21.0. The maximum atomic E-state index is 5.54. The molecule has 0 aliphatic carbocycles. The van der Waals surface area contributed by atoms with Gasteiger partial charge in [0.25, 0.3) is 0 Å². The first-order chi connectivity index (χ1) is 17.1. The van der Waals surface area contributed by atoms with Crippen LogP contribution in [-0.2, 0) is 13.1 Å². The fourth-order valence-corrected chi connectivity index (χ4v) is 4.34. The lowest BCUT2D eigenvalue weighted by Gasteiger charge is -2.13. The number of imidazole rings is 1. The van der Waals surface area contributed by atoms with Gasteiger partial charge in [0.05, 0.1) is 42.7 Å². The number of fused-ring (bicyclic) bond motifs is 1. The molecule has 0 aliphatic heterocycles. The van der Waals surface area contributed by atoms with Gasteiger partial charge in [0.15, 0.2) is 34.0 Å². The number of nitrogens with zero attached hydrogens (tertiary/aromatic N) is 2. The van der Waals surface area contributed by atoms with Crippen LogP contribution in [0.1, 0.15) is 11.1 Å². The summed E-state index contributed by atoms with van der Waals surface area (Å²) in [6, 6.07) is 16.2. The van der Waals surface area contributed by atoms with Crippen LogP contribution < -0.4 is 33.0 Å². The third-order valence-electron chi connectivity index (χ3n) is 5.93. The molecule has 4 rings (SSSR count). The predicted molar refractivity (Wildman–Crippen MR) is 133 cm³/mol. The minimum absolute atomic E-state index is 0.577. The fraction of sp³-hybridized carbons (Fsp3) is 0.296. The molecule has 0 atom stereocenters. The first-order valence-corrected chi connectivity index (χ1v) is 11.1. The van der Waals surface area contributed by atoms with Gasteiger partial charge in [-0.1, -0.05) is 12.1 Å². The van der Waals surface area contributed by atoms with Gasteiger partial charge >= 0.3 is 0 Å². The molecule has 3 aromatic carbocycles. The SMILES string of the molecule is COc1cc(Cn2c[n+](Cc3cc(OC)c(OC)c(OC)c3)c3ccccc32)cc(OC)c1OC. The maximum absolute atomic E-state index is 5.54. The number of ether oxygens (including phenoxy) is 6. The van der Waals surface area contributed by atoms with Gasteiger partial charge in [-0.05, 0) is 36.4 Å². The summed E-state index contributed by atoms with van der Waals surface area (Å²) in [4.78, 5) is 0. The van der Waals surface area contributed by atoms with Gasteiger partial charge in [-0.3, -0.25) is 0 Å². The number of rotatable bonds is 10. The molecule has 0 N–H and O–H groups in total. The maximum Gasteiger partial charge on any atom is 0.245 e. The first-order valence-electron chi connectivity index (χ1n) is 11.1. The largest absolute Gasteiger partial charge is 0.493 e. The summed E-state index contributed by atoms with van der Waals surface area (Å²) in [5.74, 6) is 3.67. The lowest BCUT2D eigenvalue weighted by atomic mass is 10.1. The first kappa shape index (κ1) is 24.1. The second-order valence-corrected chi connectivity index (χ2v) is 7.93. The Morgan fingerprint density at radius 1 is 0.629 bits per heavy atom. The smallest absolute Gasteiger partial charge is 0.245 e.